The Morgan fingerprint density at radius 2 is 2.18 bits per heavy atom. The number of amides is 1. The Balaban J connectivity index is 2.74. The molecule has 1 unspecified atom stereocenters. The van der Waals surface area contributed by atoms with Crippen molar-refractivity contribution in [2.24, 2.45) is 5.92 Å². The summed E-state index contributed by atoms with van der Waals surface area (Å²) >= 11 is 0. The van der Waals surface area contributed by atoms with Crippen molar-refractivity contribution in [1.82, 2.24) is 5.32 Å². The van der Waals surface area contributed by atoms with Crippen LogP contribution in [0.25, 0.3) is 0 Å². The first-order valence-electron chi connectivity index (χ1n) is 3.07. The van der Waals surface area contributed by atoms with Crippen molar-refractivity contribution in [1.29, 1.82) is 0 Å². The summed E-state index contributed by atoms with van der Waals surface area (Å²) in [4.78, 5) is 10.6. The molecule has 0 saturated carbocycles. The van der Waals surface area contributed by atoms with Gasteiger partial charge in [0.1, 0.15) is 5.37 Å². The van der Waals surface area contributed by atoms with Gasteiger partial charge in [-0.15, -0.1) is 0 Å². The van der Waals surface area contributed by atoms with E-state index < -0.39 is 33.6 Å². The van der Waals surface area contributed by atoms with E-state index in [1.807, 2.05) is 0 Å². The van der Waals surface area contributed by atoms with Gasteiger partial charge in [-0.05, 0) is 0 Å². The van der Waals surface area contributed by atoms with E-state index in [4.69, 9.17) is 5.11 Å². The van der Waals surface area contributed by atoms with Crippen molar-refractivity contribution in [2.45, 2.75) is 5.37 Å². The fourth-order valence-corrected chi connectivity index (χ4v) is 2.11. The number of rotatable bonds is 2. The van der Waals surface area contributed by atoms with Crippen LogP contribution in [-0.2, 0) is 14.6 Å². The lowest BCUT2D eigenvalue weighted by Crippen LogP contribution is -2.62. The number of aliphatic hydroxyl groups excluding tert-OH is 1. The normalized spacial score (nSPS) is 30.9. The lowest BCUT2D eigenvalue weighted by atomic mass is 10.0. The summed E-state index contributed by atoms with van der Waals surface area (Å²) in [5.41, 5.74) is 0. The van der Waals surface area contributed by atoms with Crippen molar-refractivity contribution >= 4 is 15.7 Å². The lowest BCUT2D eigenvalue weighted by molar-refractivity contribution is -0.134. The smallest absolute Gasteiger partial charge is 0.229 e. The van der Waals surface area contributed by atoms with Gasteiger partial charge < -0.3 is 10.4 Å². The zero-order valence-corrected chi connectivity index (χ0v) is 6.76. The number of sulfone groups is 1. The molecule has 0 bridgehead atoms. The first-order chi connectivity index (χ1) is 4.96. The van der Waals surface area contributed by atoms with Crippen LogP contribution >= 0.6 is 0 Å². The molecule has 0 radical (unpaired) electrons. The Kier molecular flexibility index (Phi) is 1.89. The highest BCUT2D eigenvalue weighted by atomic mass is 32.2. The Bertz CT molecular complexity index is 270. The maximum atomic E-state index is 10.8. The molecule has 1 saturated heterocycles. The van der Waals surface area contributed by atoms with E-state index in [1.54, 1.807) is 0 Å². The van der Waals surface area contributed by atoms with E-state index in [-0.39, 0.29) is 0 Å². The number of hydrogen-bond acceptors (Lipinski definition) is 4. The maximum absolute atomic E-state index is 10.8. The predicted octanol–water partition coefficient (Wildman–Crippen LogP) is -1.90. The largest absolute Gasteiger partial charge is 0.395 e. The van der Waals surface area contributed by atoms with Crippen LogP contribution in [0.15, 0.2) is 0 Å². The van der Waals surface area contributed by atoms with Crippen LogP contribution in [0, 0.1) is 5.92 Å². The molecule has 0 aliphatic carbocycles. The molecular formula is C5H9NO4S. The Labute approximate surface area is 64.3 Å². The first kappa shape index (κ1) is 8.48. The molecule has 11 heavy (non-hydrogen) atoms. The summed E-state index contributed by atoms with van der Waals surface area (Å²) in [6.45, 7) is -0.413. The van der Waals surface area contributed by atoms with E-state index in [9.17, 15) is 13.2 Å². The number of carbonyl (C=O) groups excluding carboxylic acids is 1. The molecule has 1 fully saturated rings. The predicted molar refractivity (Wildman–Crippen MR) is 37.4 cm³/mol. The topological polar surface area (TPSA) is 83.5 Å². The van der Waals surface area contributed by atoms with E-state index >= 15 is 0 Å². The quantitative estimate of drug-likeness (QED) is 0.485. The van der Waals surface area contributed by atoms with E-state index in [0.717, 1.165) is 6.26 Å². The molecule has 0 aromatic carbocycles. The molecule has 1 amide bonds. The molecule has 0 aromatic rings. The molecule has 5 nitrogen and oxygen atoms in total. The van der Waals surface area contributed by atoms with Gasteiger partial charge in [-0.3, -0.25) is 4.79 Å². The average Bonchev–Trinajstić information content (AvgIpc) is 1.81. The van der Waals surface area contributed by atoms with Crippen LogP contribution < -0.4 is 5.32 Å². The van der Waals surface area contributed by atoms with Crippen LogP contribution in [0.1, 0.15) is 0 Å². The van der Waals surface area contributed by atoms with Gasteiger partial charge in [-0.2, -0.15) is 0 Å². The second-order valence-electron chi connectivity index (χ2n) is 2.55. The SMILES string of the molecule is CS(=O)(=O)[C@H]1NC(=O)C1CO. The highest BCUT2D eigenvalue weighted by molar-refractivity contribution is 7.91. The second-order valence-corrected chi connectivity index (χ2v) is 4.71. The summed E-state index contributed by atoms with van der Waals surface area (Å²) in [7, 11) is -3.25. The van der Waals surface area contributed by atoms with E-state index in [2.05, 4.69) is 5.32 Å². The van der Waals surface area contributed by atoms with Gasteiger partial charge in [0.25, 0.3) is 0 Å². The molecule has 0 aromatic heterocycles. The highest BCUT2D eigenvalue weighted by Gasteiger charge is 2.44. The van der Waals surface area contributed by atoms with Gasteiger partial charge >= 0.3 is 0 Å². The minimum absolute atomic E-state index is 0.400. The standard InChI is InChI=1S/C5H9NO4S/c1-11(9,10)5-3(2-7)4(8)6-5/h3,5,7H,2H2,1H3,(H,6,8)/t3?,5-/m1/s1. The summed E-state index contributed by atoms with van der Waals surface area (Å²) < 4.78 is 21.6. The van der Waals surface area contributed by atoms with E-state index in [1.165, 1.54) is 0 Å². The van der Waals surface area contributed by atoms with Gasteiger partial charge in [-0.25, -0.2) is 8.42 Å². The second kappa shape index (κ2) is 2.46. The van der Waals surface area contributed by atoms with Gasteiger partial charge in [0.15, 0.2) is 9.84 Å². The minimum atomic E-state index is -3.25. The molecule has 0 spiro atoms. The van der Waals surface area contributed by atoms with Crippen LogP contribution in [0.2, 0.25) is 0 Å². The molecule has 1 aliphatic heterocycles. The fraction of sp³-hybridized carbons (Fsp3) is 0.800. The lowest BCUT2D eigenvalue weighted by Gasteiger charge is -2.33. The third kappa shape index (κ3) is 1.36. The summed E-state index contributed by atoms with van der Waals surface area (Å²) in [5, 5.41) is 9.87. The van der Waals surface area contributed by atoms with Crippen LogP contribution in [0.3, 0.4) is 0 Å². The van der Waals surface area contributed by atoms with Crippen molar-refractivity contribution < 1.29 is 18.3 Å². The molecule has 2 N–H and O–H groups in total. The minimum Gasteiger partial charge on any atom is -0.395 e. The molecular weight excluding hydrogens is 170 g/mol. The first-order valence-corrected chi connectivity index (χ1v) is 5.02. The van der Waals surface area contributed by atoms with Gasteiger partial charge in [0.2, 0.25) is 5.91 Å². The Morgan fingerprint density at radius 3 is 2.36 bits per heavy atom. The molecule has 64 valence electrons. The number of hydrogen-bond donors (Lipinski definition) is 2. The zero-order valence-electron chi connectivity index (χ0n) is 5.94. The van der Waals surface area contributed by atoms with Crippen LogP contribution in [0.4, 0.5) is 0 Å². The van der Waals surface area contributed by atoms with Gasteiger partial charge in [-0.1, -0.05) is 0 Å². The molecule has 1 heterocycles. The number of aliphatic hydroxyl groups is 1. The number of carbonyl (C=O) groups is 1. The van der Waals surface area contributed by atoms with Crippen molar-refractivity contribution in [3.8, 4) is 0 Å². The molecule has 2 atom stereocenters. The Morgan fingerprint density at radius 1 is 1.64 bits per heavy atom. The number of nitrogens with one attached hydrogen (secondary N) is 1. The van der Waals surface area contributed by atoms with Crippen molar-refractivity contribution in [3.63, 3.8) is 0 Å². The highest BCUT2D eigenvalue weighted by Crippen LogP contribution is 2.18. The summed E-state index contributed by atoms with van der Waals surface area (Å²) in [5.74, 6) is -1.17. The average molecular weight is 179 g/mol. The molecule has 1 rings (SSSR count). The third-order valence-electron chi connectivity index (χ3n) is 1.64. The zero-order chi connectivity index (χ0) is 8.65. The fourth-order valence-electron chi connectivity index (χ4n) is 0.973. The summed E-state index contributed by atoms with van der Waals surface area (Å²) in [6, 6.07) is 0. The van der Waals surface area contributed by atoms with Crippen molar-refractivity contribution in [2.75, 3.05) is 12.9 Å². The Hall–Kier alpha value is -0.620. The van der Waals surface area contributed by atoms with E-state index in [0.29, 0.717) is 0 Å². The van der Waals surface area contributed by atoms with Crippen LogP contribution in [-0.4, -0.2) is 37.7 Å². The van der Waals surface area contributed by atoms with Crippen LogP contribution in [0.5, 0.6) is 0 Å². The third-order valence-corrected chi connectivity index (χ3v) is 3.01. The summed E-state index contributed by atoms with van der Waals surface area (Å²) in [6.07, 6.45) is 1.03. The molecule has 1 aliphatic rings. The maximum Gasteiger partial charge on any atom is 0.229 e. The van der Waals surface area contributed by atoms with Gasteiger partial charge in [0, 0.05) is 6.26 Å². The number of β-lactam (4-membered cyclic amide) rings is 1. The monoisotopic (exact) mass is 179 g/mol. The molecule has 6 heteroatoms. The van der Waals surface area contributed by atoms with Gasteiger partial charge in [0.05, 0.1) is 12.5 Å². The van der Waals surface area contributed by atoms with Crippen molar-refractivity contribution in [3.05, 3.63) is 0 Å².